The van der Waals surface area contributed by atoms with Gasteiger partial charge in [-0.15, -0.1) is 0 Å². The Morgan fingerprint density at radius 2 is 0.837 bits per heavy atom. The maximum Gasteiger partial charge on any atom is -1.00 e. The molecular formula is C44H38Cl2O2Zr. The number of fused-ring (bicyclic) bond motifs is 2. The molecule has 0 spiro atoms. The smallest absolute Gasteiger partial charge is 1.00 e. The minimum Gasteiger partial charge on any atom is -1.00 e. The van der Waals surface area contributed by atoms with Crippen molar-refractivity contribution in [1.82, 2.24) is 0 Å². The summed E-state index contributed by atoms with van der Waals surface area (Å²) in [6.45, 7) is 9.22. The van der Waals surface area contributed by atoms with Gasteiger partial charge in [-0.05, 0) is 0 Å². The van der Waals surface area contributed by atoms with Crippen molar-refractivity contribution in [2.75, 3.05) is 0 Å². The van der Waals surface area contributed by atoms with Gasteiger partial charge in [-0.25, -0.2) is 0 Å². The second-order valence-electron chi connectivity index (χ2n) is 13.3. The summed E-state index contributed by atoms with van der Waals surface area (Å²) in [5.74, 6) is 4.71. The topological polar surface area (TPSA) is 26.3 Å². The van der Waals surface area contributed by atoms with Gasteiger partial charge >= 0.3 is 291 Å². The molecule has 0 aliphatic heterocycles. The molecule has 8 rings (SSSR count). The number of halogens is 2. The number of rotatable bonds is 8. The quantitative estimate of drug-likeness (QED) is 0.179. The van der Waals surface area contributed by atoms with Crippen molar-refractivity contribution in [2.45, 2.75) is 46.8 Å². The average molecular weight is 761 g/mol. The monoisotopic (exact) mass is 758 g/mol. The van der Waals surface area contributed by atoms with Gasteiger partial charge in [-0.1, -0.05) is 0 Å². The van der Waals surface area contributed by atoms with E-state index in [0.717, 1.165) is 34.2 Å². The van der Waals surface area contributed by atoms with E-state index in [-0.39, 0.29) is 24.8 Å². The fraction of sp³-hybridized carbons (Fsp3) is 0.182. The maximum absolute atomic E-state index is 6.69. The molecule has 244 valence electrons. The Hall–Kier alpha value is -3.62. The van der Waals surface area contributed by atoms with Crippen LogP contribution in [0.5, 0.6) is 0 Å². The molecule has 2 nitrogen and oxygen atoms in total. The van der Waals surface area contributed by atoms with Crippen molar-refractivity contribution >= 4 is 23.3 Å². The second kappa shape index (κ2) is 14.7. The van der Waals surface area contributed by atoms with Crippen LogP contribution in [0.3, 0.4) is 0 Å². The van der Waals surface area contributed by atoms with Crippen LogP contribution in [0.2, 0.25) is 0 Å². The van der Waals surface area contributed by atoms with Crippen LogP contribution in [0.15, 0.2) is 130 Å². The second-order valence-corrected chi connectivity index (χ2v) is 17.0. The van der Waals surface area contributed by atoms with Gasteiger partial charge in [0.1, 0.15) is 0 Å². The predicted octanol–water partition coefficient (Wildman–Crippen LogP) is 6.43. The molecule has 2 aromatic heterocycles. The Morgan fingerprint density at radius 3 is 1.22 bits per heavy atom. The van der Waals surface area contributed by atoms with E-state index in [0.29, 0.717) is 19.1 Å². The van der Waals surface area contributed by atoms with Gasteiger partial charge in [0.05, 0.1) is 0 Å². The number of furan rings is 2. The summed E-state index contributed by atoms with van der Waals surface area (Å²) in [6.07, 6.45) is 4.90. The first-order valence-corrected chi connectivity index (χ1v) is 19.6. The van der Waals surface area contributed by atoms with Crippen molar-refractivity contribution in [3.8, 4) is 22.6 Å². The van der Waals surface area contributed by atoms with Gasteiger partial charge in [0.25, 0.3) is 0 Å². The maximum atomic E-state index is 6.69. The molecule has 0 amide bonds. The minimum atomic E-state index is -1.28. The Morgan fingerprint density at radius 1 is 0.449 bits per heavy atom. The summed E-state index contributed by atoms with van der Waals surface area (Å²) in [5.41, 5.74) is 13.4. The molecule has 2 atom stereocenters. The third kappa shape index (κ3) is 6.54. The van der Waals surface area contributed by atoms with Crippen molar-refractivity contribution in [3.05, 3.63) is 166 Å². The molecule has 5 heteroatoms. The number of allylic oxidation sites excluding steroid dienone is 2. The van der Waals surface area contributed by atoms with Crippen molar-refractivity contribution in [2.24, 2.45) is 0 Å². The van der Waals surface area contributed by atoms with E-state index in [2.05, 4.69) is 161 Å². The van der Waals surface area contributed by atoms with Crippen molar-refractivity contribution in [1.29, 1.82) is 0 Å². The molecule has 0 fully saturated rings. The summed E-state index contributed by atoms with van der Waals surface area (Å²) in [7, 11) is 0. The zero-order valence-electron chi connectivity index (χ0n) is 28.1. The molecule has 2 unspecified atom stereocenters. The molecule has 2 heterocycles. The molecule has 0 bridgehead atoms. The van der Waals surface area contributed by atoms with Gasteiger partial charge in [0.15, 0.2) is 0 Å². The Bertz CT molecular complexity index is 1980. The molecule has 0 N–H and O–H groups in total. The first-order chi connectivity index (χ1) is 23.0. The predicted molar refractivity (Wildman–Crippen MR) is 191 cm³/mol. The van der Waals surface area contributed by atoms with Gasteiger partial charge in [0.2, 0.25) is 0 Å². The van der Waals surface area contributed by atoms with E-state index in [1.54, 1.807) is 0 Å². The Kier molecular flexibility index (Phi) is 10.6. The van der Waals surface area contributed by atoms with Crippen LogP contribution in [0.25, 0.3) is 45.9 Å². The summed E-state index contributed by atoms with van der Waals surface area (Å²) in [4.78, 5) is 0. The zero-order chi connectivity index (χ0) is 32.1. The fourth-order valence-electron chi connectivity index (χ4n) is 7.31. The van der Waals surface area contributed by atoms with E-state index in [1.165, 1.54) is 44.5 Å². The molecule has 0 saturated carbocycles. The molecule has 0 saturated heterocycles. The summed E-state index contributed by atoms with van der Waals surface area (Å²) >= 11 is -1.28. The summed E-state index contributed by atoms with van der Waals surface area (Å²) < 4.78 is 14.1. The molecule has 0 radical (unpaired) electrons. The number of hydrogen-bond donors (Lipinski definition) is 0. The molecule has 49 heavy (non-hydrogen) atoms. The van der Waals surface area contributed by atoms with E-state index < -0.39 is 23.2 Å². The third-order valence-electron chi connectivity index (χ3n) is 9.67. The SMILES string of the molecule is CC(C)c1cccc2c1C=C(c1ccc(-c3ccccc3)o1)[CH]2[Zr+2][CH]1C(c2ccc(-c3ccccc3)o2)=Cc2c(C(C)C)cccc21.[Cl-].[Cl-]. The fourth-order valence-corrected chi connectivity index (χ4v) is 12.2. The van der Waals surface area contributed by atoms with Crippen LogP contribution >= 0.6 is 0 Å². The van der Waals surface area contributed by atoms with E-state index in [9.17, 15) is 0 Å². The van der Waals surface area contributed by atoms with E-state index >= 15 is 0 Å². The molecule has 6 aromatic rings. The number of benzene rings is 4. The Balaban J connectivity index is 0.00000208. The van der Waals surface area contributed by atoms with Gasteiger partial charge in [-0.2, -0.15) is 0 Å². The van der Waals surface area contributed by atoms with Gasteiger partial charge in [-0.3, -0.25) is 0 Å². The molecule has 4 aromatic carbocycles. The first-order valence-electron chi connectivity index (χ1n) is 16.7. The third-order valence-corrected chi connectivity index (χ3v) is 14.4. The van der Waals surface area contributed by atoms with Crippen LogP contribution in [-0.2, 0) is 23.2 Å². The first kappa shape index (κ1) is 35.2. The van der Waals surface area contributed by atoms with Crippen LogP contribution in [0.1, 0.15) is 91.7 Å². The Labute approximate surface area is 313 Å². The normalized spacial score (nSPS) is 16.0. The van der Waals surface area contributed by atoms with E-state index in [4.69, 9.17) is 8.83 Å². The van der Waals surface area contributed by atoms with E-state index in [1.807, 2.05) is 0 Å². The van der Waals surface area contributed by atoms with Crippen molar-refractivity contribution < 1.29 is 56.9 Å². The van der Waals surface area contributed by atoms with Crippen LogP contribution in [-0.4, -0.2) is 0 Å². The van der Waals surface area contributed by atoms with Crippen LogP contribution < -0.4 is 24.8 Å². The van der Waals surface area contributed by atoms with Gasteiger partial charge < -0.3 is 24.8 Å². The molecule has 2 aliphatic carbocycles. The summed E-state index contributed by atoms with van der Waals surface area (Å²) in [6, 6.07) is 43.4. The molecule has 2 aliphatic rings. The zero-order valence-corrected chi connectivity index (χ0v) is 32.1. The van der Waals surface area contributed by atoms with Crippen LogP contribution in [0.4, 0.5) is 0 Å². The largest absolute Gasteiger partial charge is 1.00 e. The number of hydrogen-bond acceptors (Lipinski definition) is 2. The average Bonchev–Trinajstić information content (AvgIpc) is 3.91. The molecular weight excluding hydrogens is 723 g/mol. The summed E-state index contributed by atoms with van der Waals surface area (Å²) in [5, 5.41) is 0. The van der Waals surface area contributed by atoms with Crippen molar-refractivity contribution in [3.63, 3.8) is 0 Å². The standard InChI is InChI=1S/2C22H19O.2ClH.Zr/c2*1-15(2)19-10-6-9-17-13-18(14-20(17)19)22-12-11-21(23-22)16-7-4-3-5-8-16;;;/h2*3-15H,1-2H3;2*1H;/q;;;;+2/p-2. The minimum absolute atomic E-state index is 0. The van der Waals surface area contributed by atoms with Gasteiger partial charge in [0, 0.05) is 0 Å². The van der Waals surface area contributed by atoms with Crippen LogP contribution in [0, 0.1) is 0 Å².